The number of quaternary nitrogens is 1. The van der Waals surface area contributed by atoms with Crippen LogP contribution in [-0.4, -0.2) is 74.9 Å². The van der Waals surface area contributed by atoms with Gasteiger partial charge in [-0.2, -0.15) is 0 Å². The summed E-state index contributed by atoms with van der Waals surface area (Å²) in [5.41, 5.74) is 0. The molecule has 260 valence electrons. The normalized spacial score (nSPS) is 14.8. The van der Waals surface area contributed by atoms with Crippen molar-refractivity contribution in [3.05, 3.63) is 12.2 Å². The molecule has 10 heteroatoms. The maximum Gasteiger partial charge on any atom is 0.472 e. The summed E-state index contributed by atoms with van der Waals surface area (Å²) in [6.45, 7) is 6.12. The van der Waals surface area contributed by atoms with Crippen molar-refractivity contribution in [3.8, 4) is 0 Å². The van der Waals surface area contributed by atoms with Gasteiger partial charge >= 0.3 is 19.8 Å². The lowest BCUT2D eigenvalue weighted by molar-refractivity contribution is -0.870. The Kier molecular flexibility index (Phi) is 26.2. The second kappa shape index (κ2) is 26.9. The summed E-state index contributed by atoms with van der Waals surface area (Å²) >= 11 is 0. The first kappa shape index (κ1) is 42.8. The Morgan fingerprint density at radius 1 is 0.773 bits per heavy atom. The van der Waals surface area contributed by atoms with Crippen molar-refractivity contribution in [2.24, 2.45) is 5.92 Å². The van der Waals surface area contributed by atoms with Crippen LogP contribution in [0.25, 0.3) is 0 Å². The maximum atomic E-state index is 12.8. The number of likely N-dealkylation sites (N-methyl/N-ethyl adjacent to an activating group) is 1. The van der Waals surface area contributed by atoms with E-state index in [-0.39, 0.29) is 31.5 Å². The van der Waals surface area contributed by atoms with Crippen molar-refractivity contribution in [1.29, 1.82) is 0 Å². The third-order valence-corrected chi connectivity index (χ3v) is 8.51. The monoisotopic (exact) mass is 648 g/mol. The van der Waals surface area contributed by atoms with Gasteiger partial charge in [-0.05, 0) is 44.9 Å². The second-order valence-corrected chi connectivity index (χ2v) is 14.4. The van der Waals surface area contributed by atoms with Crippen LogP contribution >= 0.6 is 7.82 Å². The molecule has 0 heterocycles. The molecule has 0 spiro atoms. The number of nitrogens with zero attached hydrogens (tertiary/aromatic N) is 1. The van der Waals surface area contributed by atoms with Crippen molar-refractivity contribution < 1.29 is 42.1 Å². The molecular weight excluding hydrogens is 581 g/mol. The van der Waals surface area contributed by atoms with E-state index >= 15 is 0 Å². The molecule has 0 bridgehead atoms. The summed E-state index contributed by atoms with van der Waals surface area (Å²) in [5.74, 6) is -1.08. The number of hydrogen-bond donors (Lipinski definition) is 1. The summed E-state index contributed by atoms with van der Waals surface area (Å²) < 4.78 is 34.1. The Morgan fingerprint density at radius 3 is 1.91 bits per heavy atom. The lowest BCUT2D eigenvalue weighted by Gasteiger charge is -2.25. The standard InChI is InChI=1S/C34H66NO8P/c1-7-10-12-13-14-15-16-17-18-19-20-21-22-23-24-26-33(36)40-29-32(43-34(37)31(9-3)25-11-8-2)30-42-44(38,39)41-28-27-35(4,5)6/h17-18,31-32H,7-16,19-30H2,1-6H3/p+1/t31?,32-/m1/s1. The van der Waals surface area contributed by atoms with E-state index in [0.717, 1.165) is 51.4 Å². The molecule has 0 amide bonds. The minimum atomic E-state index is -4.36. The van der Waals surface area contributed by atoms with Crippen molar-refractivity contribution in [3.63, 3.8) is 0 Å². The number of unbranched alkanes of at least 4 members (excludes halogenated alkanes) is 12. The highest BCUT2D eigenvalue weighted by molar-refractivity contribution is 7.47. The maximum absolute atomic E-state index is 12.8. The first-order valence-corrected chi connectivity index (χ1v) is 18.9. The average Bonchev–Trinajstić information content (AvgIpc) is 2.96. The van der Waals surface area contributed by atoms with Crippen LogP contribution in [0, 0.1) is 5.92 Å². The summed E-state index contributed by atoms with van der Waals surface area (Å²) in [5, 5.41) is 0. The predicted molar refractivity (Wildman–Crippen MR) is 178 cm³/mol. The zero-order valence-corrected chi connectivity index (χ0v) is 30.0. The fourth-order valence-electron chi connectivity index (χ4n) is 4.56. The van der Waals surface area contributed by atoms with Gasteiger partial charge in [0.1, 0.15) is 19.8 Å². The van der Waals surface area contributed by atoms with Gasteiger partial charge in [0.05, 0.1) is 33.7 Å². The number of allylic oxidation sites excluding steroid dienone is 2. The van der Waals surface area contributed by atoms with Crippen LogP contribution in [0.1, 0.15) is 136 Å². The van der Waals surface area contributed by atoms with Crippen LogP contribution in [0.5, 0.6) is 0 Å². The number of esters is 2. The Labute approximate surface area is 269 Å². The third kappa shape index (κ3) is 27.1. The first-order valence-electron chi connectivity index (χ1n) is 17.4. The molecule has 1 N–H and O–H groups in total. The molecule has 0 aliphatic heterocycles. The molecule has 0 radical (unpaired) electrons. The molecule has 0 saturated heterocycles. The Bertz CT molecular complexity index is 799. The van der Waals surface area contributed by atoms with Gasteiger partial charge in [-0.15, -0.1) is 0 Å². The Morgan fingerprint density at radius 2 is 1.34 bits per heavy atom. The number of ether oxygens (including phenoxy) is 2. The molecule has 44 heavy (non-hydrogen) atoms. The number of phosphoric acid groups is 1. The molecule has 2 unspecified atom stereocenters. The Hall–Kier alpha value is -1.25. The van der Waals surface area contributed by atoms with E-state index in [1.165, 1.54) is 44.9 Å². The molecule has 0 rings (SSSR count). The Balaban J connectivity index is 4.45. The van der Waals surface area contributed by atoms with E-state index in [2.05, 4.69) is 26.0 Å². The van der Waals surface area contributed by atoms with E-state index < -0.39 is 26.5 Å². The molecule has 0 fully saturated rings. The van der Waals surface area contributed by atoms with Crippen LogP contribution in [0.15, 0.2) is 12.2 Å². The van der Waals surface area contributed by atoms with Crippen molar-refractivity contribution in [1.82, 2.24) is 0 Å². The van der Waals surface area contributed by atoms with E-state index in [1.54, 1.807) is 0 Å². The first-order chi connectivity index (χ1) is 20.9. The molecular formula is C34H67NO8P+. The lowest BCUT2D eigenvalue weighted by Crippen LogP contribution is -2.37. The molecule has 0 aliphatic carbocycles. The van der Waals surface area contributed by atoms with Crippen LogP contribution < -0.4 is 0 Å². The second-order valence-electron chi connectivity index (χ2n) is 12.9. The number of carbonyl (C=O) groups excluding carboxylic acids is 2. The molecule has 0 aromatic carbocycles. The predicted octanol–water partition coefficient (Wildman–Crippen LogP) is 8.54. The smallest absolute Gasteiger partial charge is 0.462 e. The highest BCUT2D eigenvalue weighted by atomic mass is 31.2. The van der Waals surface area contributed by atoms with Gasteiger partial charge in [-0.1, -0.05) is 97.1 Å². The molecule has 0 aliphatic rings. The van der Waals surface area contributed by atoms with Gasteiger partial charge in [0.2, 0.25) is 0 Å². The molecule has 0 aromatic rings. The minimum Gasteiger partial charge on any atom is -0.462 e. The van der Waals surface area contributed by atoms with Gasteiger partial charge in [-0.25, -0.2) is 4.57 Å². The van der Waals surface area contributed by atoms with Gasteiger partial charge in [0, 0.05) is 6.42 Å². The molecule has 3 atom stereocenters. The highest BCUT2D eigenvalue weighted by Crippen LogP contribution is 2.43. The summed E-state index contributed by atoms with van der Waals surface area (Å²) in [6, 6.07) is 0. The zero-order valence-electron chi connectivity index (χ0n) is 29.1. The van der Waals surface area contributed by atoms with Crippen molar-refractivity contribution in [2.45, 2.75) is 142 Å². The number of phosphoric ester groups is 1. The fraction of sp³-hybridized carbons (Fsp3) is 0.882. The van der Waals surface area contributed by atoms with Crippen LogP contribution in [0.4, 0.5) is 0 Å². The number of rotatable bonds is 30. The number of carbonyl (C=O) groups is 2. The third-order valence-electron chi connectivity index (χ3n) is 7.53. The van der Waals surface area contributed by atoms with E-state index in [9.17, 15) is 19.0 Å². The van der Waals surface area contributed by atoms with E-state index in [0.29, 0.717) is 23.9 Å². The summed E-state index contributed by atoms with van der Waals surface area (Å²) in [7, 11) is 1.46. The summed E-state index contributed by atoms with van der Waals surface area (Å²) in [6.07, 6.45) is 22.4. The molecule has 0 saturated carbocycles. The fourth-order valence-corrected chi connectivity index (χ4v) is 5.30. The lowest BCUT2D eigenvalue weighted by atomic mass is 10.00. The van der Waals surface area contributed by atoms with Crippen LogP contribution in [-0.2, 0) is 32.7 Å². The van der Waals surface area contributed by atoms with E-state index in [4.69, 9.17) is 18.5 Å². The van der Waals surface area contributed by atoms with Crippen LogP contribution in [0.3, 0.4) is 0 Å². The zero-order chi connectivity index (χ0) is 33.1. The summed E-state index contributed by atoms with van der Waals surface area (Å²) in [4.78, 5) is 35.3. The SMILES string of the molecule is CCCCCCCCC=CCCCCCCCC(=O)OC[C@H](COP(=O)(O)OCC[N+](C)(C)C)OC(=O)C(CC)CCCC. The van der Waals surface area contributed by atoms with Crippen molar-refractivity contribution >= 4 is 19.8 Å². The van der Waals surface area contributed by atoms with Gasteiger partial charge in [-0.3, -0.25) is 18.6 Å². The van der Waals surface area contributed by atoms with Gasteiger partial charge < -0.3 is 18.9 Å². The molecule has 9 nitrogen and oxygen atoms in total. The van der Waals surface area contributed by atoms with E-state index in [1.807, 2.05) is 28.1 Å². The largest absolute Gasteiger partial charge is 0.472 e. The topological polar surface area (TPSA) is 108 Å². The number of hydrogen-bond acceptors (Lipinski definition) is 7. The minimum absolute atomic E-state index is 0.0294. The highest BCUT2D eigenvalue weighted by Gasteiger charge is 2.28. The van der Waals surface area contributed by atoms with Crippen molar-refractivity contribution in [2.75, 3.05) is 47.5 Å². The average molecular weight is 649 g/mol. The quantitative estimate of drug-likeness (QED) is 0.0271. The van der Waals surface area contributed by atoms with Crippen LogP contribution in [0.2, 0.25) is 0 Å². The van der Waals surface area contributed by atoms with Gasteiger partial charge in [0.15, 0.2) is 6.10 Å². The van der Waals surface area contributed by atoms with Gasteiger partial charge in [0.25, 0.3) is 0 Å². The molecule has 0 aromatic heterocycles.